The lowest BCUT2D eigenvalue weighted by molar-refractivity contribution is -0.114. The molecule has 2 aromatic rings. The summed E-state index contributed by atoms with van der Waals surface area (Å²) in [6, 6.07) is 14.2. The summed E-state index contributed by atoms with van der Waals surface area (Å²) in [6.45, 7) is 2.06. The largest absolute Gasteiger partial charge is 0.290 e. The molecule has 3 rings (SSSR count). The Morgan fingerprint density at radius 1 is 1.08 bits per heavy atom. The molecule has 1 aromatic heterocycles. The van der Waals surface area contributed by atoms with Crippen molar-refractivity contribution in [2.24, 2.45) is 0 Å². The molecule has 3 nitrogen and oxygen atoms in total. The molecule has 124 valence electrons. The molecule has 0 radical (unpaired) electrons. The molecule has 0 spiro atoms. The summed E-state index contributed by atoms with van der Waals surface area (Å²) in [6.07, 6.45) is 11.1. The van der Waals surface area contributed by atoms with Gasteiger partial charge in [0.05, 0.1) is 0 Å². The van der Waals surface area contributed by atoms with Gasteiger partial charge in [-0.15, -0.1) is 0 Å². The summed E-state index contributed by atoms with van der Waals surface area (Å²) in [4.78, 5) is 19.2. The third-order valence-corrected chi connectivity index (χ3v) is 4.57. The van der Waals surface area contributed by atoms with E-state index in [2.05, 4.69) is 24.0 Å². The van der Waals surface area contributed by atoms with Crippen molar-refractivity contribution in [3.63, 3.8) is 0 Å². The van der Waals surface area contributed by atoms with Crippen LogP contribution in [0.4, 0.5) is 5.82 Å². The number of carbonyl (C=O) groups excluding carboxylic acids is 1. The molecule has 0 bridgehead atoms. The van der Waals surface area contributed by atoms with E-state index in [1.165, 1.54) is 24.8 Å². The number of aromatic nitrogens is 1. The Hall–Kier alpha value is -2.42. The van der Waals surface area contributed by atoms with Crippen LogP contribution in [0.2, 0.25) is 0 Å². The smallest absolute Gasteiger partial charge is 0.252 e. The molecule has 0 atom stereocenters. The third kappa shape index (κ3) is 4.10. The Kier molecular flexibility index (Phi) is 5.42. The molecule has 1 amide bonds. The summed E-state index contributed by atoms with van der Waals surface area (Å²) in [5.41, 5.74) is 2.26. The number of benzene rings is 1. The van der Waals surface area contributed by atoms with Gasteiger partial charge in [0.15, 0.2) is 0 Å². The van der Waals surface area contributed by atoms with Crippen molar-refractivity contribution in [2.45, 2.75) is 45.1 Å². The average molecular weight is 320 g/mol. The summed E-state index contributed by atoms with van der Waals surface area (Å²) in [5, 5.41) is 0. The van der Waals surface area contributed by atoms with Crippen LogP contribution in [-0.4, -0.2) is 16.9 Å². The highest BCUT2D eigenvalue weighted by Gasteiger charge is 2.26. The maximum absolute atomic E-state index is 12.9. The molecule has 0 N–H and O–H groups in total. The van der Waals surface area contributed by atoms with Crippen LogP contribution in [0.3, 0.4) is 0 Å². The second-order valence-corrected chi connectivity index (χ2v) is 6.43. The monoisotopic (exact) mass is 320 g/mol. The van der Waals surface area contributed by atoms with Gasteiger partial charge in [-0.2, -0.15) is 0 Å². The van der Waals surface area contributed by atoms with Gasteiger partial charge in [-0.25, -0.2) is 4.98 Å². The molecule has 1 heterocycles. The van der Waals surface area contributed by atoms with Crippen LogP contribution < -0.4 is 4.90 Å². The van der Waals surface area contributed by atoms with E-state index in [9.17, 15) is 4.79 Å². The van der Waals surface area contributed by atoms with Crippen LogP contribution in [-0.2, 0) is 4.79 Å². The summed E-state index contributed by atoms with van der Waals surface area (Å²) in [5.74, 6) is 0.768. The fourth-order valence-corrected chi connectivity index (χ4v) is 3.24. The van der Waals surface area contributed by atoms with E-state index in [-0.39, 0.29) is 11.9 Å². The van der Waals surface area contributed by atoms with Gasteiger partial charge < -0.3 is 0 Å². The zero-order valence-corrected chi connectivity index (χ0v) is 14.2. The number of amides is 1. The zero-order chi connectivity index (χ0) is 16.8. The first kappa shape index (κ1) is 16.4. The second kappa shape index (κ2) is 7.91. The van der Waals surface area contributed by atoms with Gasteiger partial charge in [-0.1, -0.05) is 55.2 Å². The molecule has 0 aliphatic heterocycles. The topological polar surface area (TPSA) is 33.2 Å². The molecule has 3 heteroatoms. The number of rotatable bonds is 4. The first-order chi connectivity index (χ1) is 11.7. The van der Waals surface area contributed by atoms with Crippen molar-refractivity contribution in [1.82, 2.24) is 4.98 Å². The number of hydrogen-bond acceptors (Lipinski definition) is 2. The molecule has 1 aliphatic rings. The van der Waals surface area contributed by atoms with E-state index in [0.29, 0.717) is 0 Å². The minimum Gasteiger partial charge on any atom is -0.290 e. The van der Waals surface area contributed by atoms with E-state index in [1.807, 2.05) is 41.3 Å². The van der Waals surface area contributed by atoms with E-state index in [4.69, 9.17) is 0 Å². The number of hydrogen-bond donors (Lipinski definition) is 0. The molecule has 0 saturated heterocycles. The van der Waals surface area contributed by atoms with E-state index >= 15 is 0 Å². The lowest BCUT2D eigenvalue weighted by Gasteiger charge is -2.32. The Morgan fingerprint density at radius 2 is 1.83 bits per heavy atom. The predicted octanol–water partition coefficient (Wildman–Crippen LogP) is 4.77. The summed E-state index contributed by atoms with van der Waals surface area (Å²) in [7, 11) is 0. The van der Waals surface area contributed by atoms with Crippen LogP contribution in [0, 0.1) is 6.92 Å². The van der Waals surface area contributed by atoms with Gasteiger partial charge in [0.25, 0.3) is 5.91 Å². The van der Waals surface area contributed by atoms with Crippen LogP contribution >= 0.6 is 0 Å². The minimum atomic E-state index is 0.0150. The summed E-state index contributed by atoms with van der Waals surface area (Å²) < 4.78 is 0. The van der Waals surface area contributed by atoms with Crippen molar-refractivity contribution in [2.75, 3.05) is 4.90 Å². The predicted molar refractivity (Wildman–Crippen MR) is 98.8 cm³/mol. The van der Waals surface area contributed by atoms with Crippen LogP contribution in [0.25, 0.3) is 6.08 Å². The number of pyridine rings is 1. The Labute approximate surface area is 144 Å². The Bertz CT molecular complexity index is 686. The number of anilines is 1. The van der Waals surface area contributed by atoms with E-state index in [1.54, 1.807) is 12.3 Å². The van der Waals surface area contributed by atoms with Crippen molar-refractivity contribution in [3.05, 3.63) is 65.9 Å². The first-order valence-electron chi connectivity index (χ1n) is 8.73. The third-order valence-electron chi connectivity index (χ3n) is 4.57. The lowest BCUT2D eigenvalue weighted by atomic mass is 9.94. The highest BCUT2D eigenvalue weighted by Crippen LogP contribution is 2.26. The van der Waals surface area contributed by atoms with Crippen LogP contribution in [0.5, 0.6) is 0 Å². The van der Waals surface area contributed by atoms with Gasteiger partial charge in [-0.3, -0.25) is 9.69 Å². The molecule has 0 unspecified atom stereocenters. The SMILES string of the molecule is Cc1ccc(/C=C/C(=O)N(c2ccccn2)C2CCCCC2)cc1. The average Bonchev–Trinajstić information content (AvgIpc) is 2.63. The fourth-order valence-electron chi connectivity index (χ4n) is 3.24. The fraction of sp³-hybridized carbons (Fsp3) is 0.333. The number of nitrogens with zero attached hydrogens (tertiary/aromatic N) is 2. The van der Waals surface area contributed by atoms with E-state index in [0.717, 1.165) is 24.2 Å². The molecular weight excluding hydrogens is 296 g/mol. The molecule has 1 aliphatic carbocycles. The van der Waals surface area contributed by atoms with Gasteiger partial charge in [-0.05, 0) is 43.5 Å². The number of carbonyl (C=O) groups is 1. The van der Waals surface area contributed by atoms with Gasteiger partial charge >= 0.3 is 0 Å². The summed E-state index contributed by atoms with van der Waals surface area (Å²) >= 11 is 0. The Morgan fingerprint density at radius 3 is 2.50 bits per heavy atom. The van der Waals surface area contributed by atoms with Gasteiger partial charge in [0.2, 0.25) is 0 Å². The second-order valence-electron chi connectivity index (χ2n) is 6.43. The van der Waals surface area contributed by atoms with Gasteiger partial charge in [0.1, 0.15) is 5.82 Å². The molecular formula is C21H24N2O. The zero-order valence-electron chi connectivity index (χ0n) is 14.2. The van der Waals surface area contributed by atoms with Crippen LogP contribution in [0.15, 0.2) is 54.7 Å². The van der Waals surface area contributed by atoms with Crippen LogP contribution in [0.1, 0.15) is 43.2 Å². The standard InChI is InChI=1S/C21H24N2O/c1-17-10-12-18(13-11-17)14-15-21(24)23(19-7-3-2-4-8-19)20-9-5-6-16-22-20/h5-6,9-16,19H,2-4,7-8H2,1H3/b15-14+. The quantitative estimate of drug-likeness (QED) is 0.760. The van der Waals surface area contributed by atoms with Crippen molar-refractivity contribution < 1.29 is 4.79 Å². The first-order valence-corrected chi connectivity index (χ1v) is 8.73. The normalized spacial score (nSPS) is 15.5. The molecule has 1 aromatic carbocycles. The minimum absolute atomic E-state index is 0.0150. The highest BCUT2D eigenvalue weighted by molar-refractivity contribution is 6.03. The molecule has 1 fully saturated rings. The van der Waals surface area contributed by atoms with Crippen molar-refractivity contribution in [1.29, 1.82) is 0 Å². The lowest BCUT2D eigenvalue weighted by Crippen LogP contribution is -2.41. The molecule has 1 saturated carbocycles. The van der Waals surface area contributed by atoms with Crippen molar-refractivity contribution in [3.8, 4) is 0 Å². The number of aryl methyl sites for hydroxylation is 1. The van der Waals surface area contributed by atoms with Gasteiger partial charge in [0, 0.05) is 18.3 Å². The highest BCUT2D eigenvalue weighted by atomic mass is 16.2. The Balaban J connectivity index is 1.81. The maximum atomic E-state index is 12.9. The molecule has 24 heavy (non-hydrogen) atoms. The maximum Gasteiger partial charge on any atom is 0.252 e. The van der Waals surface area contributed by atoms with E-state index < -0.39 is 0 Å². The van der Waals surface area contributed by atoms with Crippen molar-refractivity contribution >= 4 is 17.8 Å².